The van der Waals surface area contributed by atoms with Crippen molar-refractivity contribution in [1.29, 1.82) is 5.26 Å². The Labute approximate surface area is 197 Å². The lowest BCUT2D eigenvalue weighted by Crippen LogP contribution is -2.35. The van der Waals surface area contributed by atoms with E-state index in [2.05, 4.69) is 20.9 Å². The summed E-state index contributed by atoms with van der Waals surface area (Å²) in [4.78, 5) is 28.2. The molecule has 0 unspecified atom stereocenters. The third-order valence-electron chi connectivity index (χ3n) is 5.83. The average molecular weight is 466 g/mol. The minimum atomic E-state index is 0.0334. The largest absolute Gasteiger partial charge is 0.480 e. The van der Waals surface area contributed by atoms with Gasteiger partial charge in [-0.3, -0.25) is 9.69 Å². The van der Waals surface area contributed by atoms with Crippen molar-refractivity contribution in [2.24, 2.45) is 0 Å². The number of aromatic nitrogens is 2. The summed E-state index contributed by atoms with van der Waals surface area (Å²) >= 11 is 1.39. The lowest BCUT2D eigenvalue weighted by molar-refractivity contribution is 0.0765. The number of fused-ring (bicyclic) bond motifs is 1. The Morgan fingerprint density at radius 1 is 1.15 bits per heavy atom. The Balaban J connectivity index is 1.49. The summed E-state index contributed by atoms with van der Waals surface area (Å²) in [6.07, 6.45) is 0.910. The van der Waals surface area contributed by atoms with Gasteiger partial charge in [-0.2, -0.15) is 10.2 Å². The topological polar surface area (TPSA) is 91.6 Å². The molecule has 1 aliphatic rings. The molecule has 172 valence electrons. The number of carbonyl (C=O) groups is 1. The molecule has 4 rings (SSSR count). The third kappa shape index (κ3) is 4.98. The van der Waals surface area contributed by atoms with Crippen molar-refractivity contribution < 1.29 is 14.3 Å². The van der Waals surface area contributed by atoms with E-state index in [1.807, 2.05) is 36.1 Å². The minimum Gasteiger partial charge on any atom is -0.480 e. The molecule has 1 aliphatic heterocycles. The standard InChI is InChI=1S/C24H27N5O3S/c1-16-20-22(32-3)26-19(15-31-2)27-23(20)33-21(16)24(30)29-10-4-9-28(11-12-29)14-18-7-5-17(13-25)6-8-18/h5-8H,4,9-12,14-15H2,1-3H3. The molecule has 0 N–H and O–H groups in total. The highest BCUT2D eigenvalue weighted by atomic mass is 32.1. The fraction of sp³-hybridized carbons (Fsp3) is 0.417. The quantitative estimate of drug-likeness (QED) is 0.551. The van der Waals surface area contributed by atoms with Crippen molar-refractivity contribution in [3.63, 3.8) is 0 Å². The zero-order valence-corrected chi connectivity index (χ0v) is 19.9. The smallest absolute Gasteiger partial charge is 0.264 e. The Kier molecular flexibility index (Phi) is 7.18. The van der Waals surface area contributed by atoms with Crippen LogP contribution in [0.2, 0.25) is 0 Å². The molecule has 0 atom stereocenters. The van der Waals surface area contributed by atoms with Gasteiger partial charge in [0.2, 0.25) is 5.88 Å². The molecule has 8 nitrogen and oxygen atoms in total. The Morgan fingerprint density at radius 3 is 2.64 bits per heavy atom. The first-order valence-electron chi connectivity index (χ1n) is 10.9. The van der Waals surface area contributed by atoms with Crippen LogP contribution in [0.4, 0.5) is 0 Å². The molecule has 1 saturated heterocycles. The van der Waals surface area contributed by atoms with Crippen LogP contribution in [-0.2, 0) is 17.9 Å². The van der Waals surface area contributed by atoms with Gasteiger partial charge in [-0.25, -0.2) is 4.98 Å². The summed E-state index contributed by atoms with van der Waals surface area (Å²) in [6.45, 7) is 6.14. The molecular formula is C24H27N5O3S. The van der Waals surface area contributed by atoms with Crippen molar-refractivity contribution in [2.45, 2.75) is 26.5 Å². The van der Waals surface area contributed by atoms with Gasteiger partial charge >= 0.3 is 0 Å². The van der Waals surface area contributed by atoms with E-state index in [1.165, 1.54) is 16.9 Å². The average Bonchev–Trinajstić information content (AvgIpc) is 3.00. The van der Waals surface area contributed by atoms with Crippen LogP contribution in [0.25, 0.3) is 10.2 Å². The van der Waals surface area contributed by atoms with Crippen molar-refractivity contribution in [3.05, 3.63) is 51.7 Å². The fourth-order valence-corrected chi connectivity index (χ4v) is 5.27. The van der Waals surface area contributed by atoms with Crippen molar-refractivity contribution in [1.82, 2.24) is 19.8 Å². The van der Waals surface area contributed by atoms with E-state index >= 15 is 0 Å². The molecule has 0 radical (unpaired) electrons. The molecule has 9 heteroatoms. The maximum Gasteiger partial charge on any atom is 0.264 e. The first-order chi connectivity index (χ1) is 16.0. The Morgan fingerprint density at radius 2 is 1.94 bits per heavy atom. The van der Waals surface area contributed by atoms with Crippen molar-refractivity contribution >= 4 is 27.5 Å². The summed E-state index contributed by atoms with van der Waals surface area (Å²) in [5, 5.41) is 9.77. The van der Waals surface area contributed by atoms with E-state index in [0.29, 0.717) is 35.2 Å². The molecule has 3 aromatic rings. The number of hydrogen-bond donors (Lipinski definition) is 0. The predicted octanol–water partition coefficient (Wildman–Crippen LogP) is 3.37. The van der Waals surface area contributed by atoms with Gasteiger partial charge in [-0.1, -0.05) is 12.1 Å². The predicted molar refractivity (Wildman–Crippen MR) is 126 cm³/mol. The fourth-order valence-electron chi connectivity index (χ4n) is 4.11. The zero-order valence-electron chi connectivity index (χ0n) is 19.1. The monoisotopic (exact) mass is 465 g/mol. The number of methoxy groups -OCH3 is 2. The summed E-state index contributed by atoms with van der Waals surface area (Å²) < 4.78 is 10.7. The number of thiophene rings is 1. The second-order valence-electron chi connectivity index (χ2n) is 8.05. The highest BCUT2D eigenvalue weighted by Crippen LogP contribution is 2.35. The number of rotatable bonds is 6. The molecule has 3 heterocycles. The normalized spacial score (nSPS) is 14.8. The molecular weight excluding hydrogens is 438 g/mol. The number of aryl methyl sites for hydroxylation is 1. The van der Waals surface area contributed by atoms with Crippen LogP contribution in [0.5, 0.6) is 5.88 Å². The molecule has 2 aromatic heterocycles. The summed E-state index contributed by atoms with van der Waals surface area (Å²) in [5.41, 5.74) is 2.70. The minimum absolute atomic E-state index is 0.0334. The number of amides is 1. The van der Waals surface area contributed by atoms with Gasteiger partial charge < -0.3 is 14.4 Å². The molecule has 0 saturated carbocycles. The van der Waals surface area contributed by atoms with Crippen molar-refractivity contribution in [2.75, 3.05) is 40.4 Å². The Hall–Kier alpha value is -3.06. The number of hydrogen-bond acceptors (Lipinski definition) is 8. The van der Waals surface area contributed by atoms with Gasteiger partial charge in [-0.15, -0.1) is 11.3 Å². The number of carbonyl (C=O) groups excluding carboxylic acids is 1. The summed E-state index contributed by atoms with van der Waals surface area (Å²) in [7, 11) is 3.17. The molecule has 33 heavy (non-hydrogen) atoms. The van der Waals surface area contributed by atoms with Crippen LogP contribution in [0, 0.1) is 18.3 Å². The first-order valence-corrected chi connectivity index (χ1v) is 11.7. The highest BCUT2D eigenvalue weighted by molar-refractivity contribution is 7.20. The van der Waals surface area contributed by atoms with Crippen LogP contribution in [0.3, 0.4) is 0 Å². The van der Waals surface area contributed by atoms with Crippen LogP contribution < -0.4 is 4.74 Å². The Bertz CT molecular complexity index is 1190. The molecule has 1 fully saturated rings. The van der Waals surface area contributed by atoms with E-state index < -0.39 is 0 Å². The molecule has 0 aliphatic carbocycles. The van der Waals surface area contributed by atoms with Crippen LogP contribution >= 0.6 is 11.3 Å². The molecule has 0 spiro atoms. The second-order valence-corrected chi connectivity index (χ2v) is 9.05. The van der Waals surface area contributed by atoms with E-state index in [1.54, 1.807) is 14.2 Å². The van der Waals surface area contributed by atoms with Gasteiger partial charge in [0.15, 0.2) is 5.82 Å². The number of ether oxygens (including phenoxy) is 2. The maximum atomic E-state index is 13.5. The van der Waals surface area contributed by atoms with Crippen molar-refractivity contribution in [3.8, 4) is 11.9 Å². The molecule has 0 bridgehead atoms. The van der Waals surface area contributed by atoms with Gasteiger partial charge in [0.05, 0.1) is 29.0 Å². The second kappa shape index (κ2) is 10.3. The first kappa shape index (κ1) is 23.1. The third-order valence-corrected chi connectivity index (χ3v) is 7.00. The van der Waals surface area contributed by atoms with E-state index in [9.17, 15) is 4.79 Å². The SMILES string of the molecule is COCc1nc(OC)c2c(C)c(C(=O)N3CCCN(Cc4ccc(C#N)cc4)CC3)sc2n1. The van der Waals surface area contributed by atoms with Gasteiger partial charge in [-0.05, 0) is 36.6 Å². The van der Waals surface area contributed by atoms with E-state index in [0.717, 1.165) is 41.8 Å². The number of nitrogens with zero attached hydrogens (tertiary/aromatic N) is 5. The molecule has 1 amide bonds. The van der Waals surface area contributed by atoms with Gasteiger partial charge in [0, 0.05) is 39.8 Å². The van der Waals surface area contributed by atoms with E-state index in [4.69, 9.17) is 14.7 Å². The molecule has 1 aromatic carbocycles. The summed E-state index contributed by atoms with van der Waals surface area (Å²) in [6, 6.07) is 9.85. The van der Waals surface area contributed by atoms with Gasteiger partial charge in [0.1, 0.15) is 11.4 Å². The number of benzene rings is 1. The van der Waals surface area contributed by atoms with Crippen LogP contribution in [-0.4, -0.2) is 66.1 Å². The lowest BCUT2D eigenvalue weighted by Gasteiger charge is -2.22. The zero-order chi connectivity index (χ0) is 23.4. The summed E-state index contributed by atoms with van der Waals surface area (Å²) in [5.74, 6) is 1.05. The van der Waals surface area contributed by atoms with Crippen LogP contribution in [0.1, 0.15) is 38.6 Å². The highest BCUT2D eigenvalue weighted by Gasteiger charge is 2.26. The number of nitriles is 1. The van der Waals surface area contributed by atoms with Crippen LogP contribution in [0.15, 0.2) is 24.3 Å². The lowest BCUT2D eigenvalue weighted by atomic mass is 10.1. The van der Waals surface area contributed by atoms with Gasteiger partial charge in [0.25, 0.3) is 5.91 Å². The van der Waals surface area contributed by atoms with E-state index in [-0.39, 0.29) is 12.5 Å². The maximum absolute atomic E-state index is 13.5.